The van der Waals surface area contributed by atoms with Crippen molar-refractivity contribution in [3.63, 3.8) is 0 Å². The highest BCUT2D eigenvalue weighted by Gasteiger charge is 2.48. The van der Waals surface area contributed by atoms with Crippen LogP contribution in [-0.2, 0) is 19.1 Å². The molecule has 2 aromatic carbocycles. The summed E-state index contributed by atoms with van der Waals surface area (Å²) in [6.45, 7) is 0.265. The second-order valence-electron chi connectivity index (χ2n) is 7.01. The van der Waals surface area contributed by atoms with Crippen molar-refractivity contribution in [2.24, 2.45) is 0 Å². The highest BCUT2D eigenvalue weighted by molar-refractivity contribution is 6.31. The van der Waals surface area contributed by atoms with Gasteiger partial charge in [0.2, 0.25) is 11.8 Å². The average molecular weight is 440 g/mol. The lowest BCUT2D eigenvalue weighted by atomic mass is 9.86. The van der Waals surface area contributed by atoms with Gasteiger partial charge in [-0.2, -0.15) is 0 Å². The third kappa shape index (κ3) is 5.23. The summed E-state index contributed by atoms with van der Waals surface area (Å²) in [6, 6.07) is 15.5. The molecule has 160 valence electrons. The number of terminal acetylenes is 1. The zero-order valence-corrected chi connectivity index (χ0v) is 17.5. The summed E-state index contributed by atoms with van der Waals surface area (Å²) >= 11 is 6.11. The number of ether oxygens (including phenoxy) is 1. The van der Waals surface area contributed by atoms with Crippen molar-refractivity contribution in [1.29, 1.82) is 0 Å². The van der Waals surface area contributed by atoms with E-state index in [0.29, 0.717) is 16.4 Å². The molecule has 31 heavy (non-hydrogen) atoms. The number of halogens is 1. The standard InChI is InChI=1S/C23H22ClN3O4/c1-2-21(29)27(19-10-6-7-17(24)15-19)23(11-13-31-14-12-23)22(30)25-16-20(28)26-18-8-4-3-5-9-18/h1,3-10,15H,11-14,16H2,(H,25,30)(H,26,28). The zero-order valence-electron chi connectivity index (χ0n) is 16.8. The number of amides is 3. The van der Waals surface area contributed by atoms with Crippen LogP contribution < -0.4 is 15.5 Å². The van der Waals surface area contributed by atoms with Gasteiger partial charge in [-0.15, -0.1) is 6.42 Å². The van der Waals surface area contributed by atoms with Gasteiger partial charge in [0.05, 0.1) is 6.54 Å². The van der Waals surface area contributed by atoms with E-state index in [1.54, 1.807) is 48.5 Å². The molecule has 3 rings (SSSR count). The lowest BCUT2D eigenvalue weighted by Crippen LogP contribution is -2.63. The molecule has 1 aliphatic heterocycles. The lowest BCUT2D eigenvalue weighted by molar-refractivity contribution is -0.133. The van der Waals surface area contributed by atoms with Gasteiger partial charge in [-0.05, 0) is 36.3 Å². The number of nitrogens with one attached hydrogen (secondary N) is 2. The molecule has 0 radical (unpaired) electrons. The zero-order chi connectivity index (χ0) is 22.3. The Morgan fingerprint density at radius 1 is 1.10 bits per heavy atom. The molecule has 0 aromatic heterocycles. The summed E-state index contributed by atoms with van der Waals surface area (Å²) in [6.07, 6.45) is 5.86. The minimum atomic E-state index is -1.31. The summed E-state index contributed by atoms with van der Waals surface area (Å²) in [4.78, 5) is 39.7. The van der Waals surface area contributed by atoms with Crippen LogP contribution in [0.15, 0.2) is 54.6 Å². The highest BCUT2D eigenvalue weighted by Crippen LogP contribution is 2.34. The Kier molecular flexibility index (Phi) is 7.29. The van der Waals surface area contributed by atoms with Crippen LogP contribution in [0, 0.1) is 12.3 Å². The Labute approximate surface area is 185 Å². The quantitative estimate of drug-likeness (QED) is 0.677. The molecular weight excluding hydrogens is 418 g/mol. The minimum absolute atomic E-state index is 0.221. The van der Waals surface area contributed by atoms with Crippen molar-refractivity contribution in [3.8, 4) is 12.3 Å². The van der Waals surface area contributed by atoms with Crippen LogP contribution in [0.25, 0.3) is 0 Å². The van der Waals surface area contributed by atoms with E-state index in [0.717, 1.165) is 0 Å². The number of carbonyl (C=O) groups is 3. The number of nitrogens with zero attached hydrogens (tertiary/aromatic N) is 1. The van der Waals surface area contributed by atoms with Gasteiger partial charge in [0, 0.05) is 42.5 Å². The summed E-state index contributed by atoms with van der Waals surface area (Å²) < 4.78 is 5.43. The van der Waals surface area contributed by atoms with Crippen LogP contribution >= 0.6 is 11.6 Å². The molecule has 1 fully saturated rings. The second kappa shape index (κ2) is 10.1. The third-order valence-electron chi connectivity index (χ3n) is 5.03. The third-order valence-corrected chi connectivity index (χ3v) is 5.27. The van der Waals surface area contributed by atoms with Crippen LogP contribution in [0.1, 0.15) is 12.8 Å². The number of anilines is 2. The first kappa shape index (κ1) is 22.3. The van der Waals surface area contributed by atoms with Crippen molar-refractivity contribution in [2.75, 3.05) is 30.0 Å². The maximum absolute atomic E-state index is 13.4. The van der Waals surface area contributed by atoms with E-state index in [-0.39, 0.29) is 38.5 Å². The van der Waals surface area contributed by atoms with Crippen molar-refractivity contribution < 1.29 is 19.1 Å². The van der Waals surface area contributed by atoms with E-state index in [4.69, 9.17) is 22.8 Å². The molecule has 1 heterocycles. The fraction of sp³-hybridized carbons (Fsp3) is 0.261. The Bertz CT molecular complexity index is 997. The smallest absolute Gasteiger partial charge is 0.303 e. The molecule has 1 saturated heterocycles. The molecule has 2 N–H and O–H groups in total. The molecule has 0 saturated carbocycles. The SMILES string of the molecule is C#CC(=O)N(c1cccc(Cl)c1)C1(C(=O)NCC(=O)Nc2ccccc2)CCOCC1. The Morgan fingerprint density at radius 3 is 2.45 bits per heavy atom. The minimum Gasteiger partial charge on any atom is -0.381 e. The summed E-state index contributed by atoms with van der Waals surface area (Å²) in [5.74, 6) is 0.555. The predicted octanol–water partition coefficient (Wildman–Crippen LogP) is 2.61. The van der Waals surface area contributed by atoms with Crippen molar-refractivity contribution in [1.82, 2.24) is 5.32 Å². The van der Waals surface area contributed by atoms with Crippen molar-refractivity contribution in [3.05, 3.63) is 59.6 Å². The molecule has 7 nitrogen and oxygen atoms in total. The predicted molar refractivity (Wildman–Crippen MR) is 119 cm³/mol. The van der Waals surface area contributed by atoms with Crippen LogP contribution in [0.5, 0.6) is 0 Å². The maximum atomic E-state index is 13.4. The van der Waals surface area contributed by atoms with E-state index in [1.807, 2.05) is 6.07 Å². The first-order valence-corrected chi connectivity index (χ1v) is 10.1. The van der Waals surface area contributed by atoms with Gasteiger partial charge in [0.15, 0.2) is 0 Å². The normalized spacial score (nSPS) is 14.7. The molecule has 1 aliphatic rings. The molecule has 0 atom stereocenters. The Hall–Kier alpha value is -3.34. The molecule has 0 bridgehead atoms. The Morgan fingerprint density at radius 2 is 1.81 bits per heavy atom. The number of rotatable bonds is 6. The fourth-order valence-corrected chi connectivity index (χ4v) is 3.74. The number of hydrogen-bond acceptors (Lipinski definition) is 4. The van der Waals surface area contributed by atoms with Crippen LogP contribution in [0.4, 0.5) is 11.4 Å². The van der Waals surface area contributed by atoms with Crippen LogP contribution in [-0.4, -0.2) is 43.0 Å². The number of carbonyl (C=O) groups excluding carboxylic acids is 3. The Balaban J connectivity index is 1.84. The molecular formula is C23H22ClN3O4. The molecule has 0 unspecified atom stereocenters. The van der Waals surface area contributed by atoms with Gasteiger partial charge in [0.25, 0.3) is 0 Å². The van der Waals surface area contributed by atoms with Gasteiger partial charge >= 0.3 is 5.91 Å². The molecule has 8 heteroatoms. The van der Waals surface area contributed by atoms with Gasteiger partial charge in [-0.3, -0.25) is 19.3 Å². The van der Waals surface area contributed by atoms with Gasteiger partial charge in [0.1, 0.15) is 5.54 Å². The largest absolute Gasteiger partial charge is 0.381 e. The molecule has 0 aliphatic carbocycles. The van der Waals surface area contributed by atoms with Gasteiger partial charge in [-0.25, -0.2) is 0 Å². The number of benzene rings is 2. The summed E-state index contributed by atoms with van der Waals surface area (Å²) in [5, 5.41) is 5.76. The van der Waals surface area contributed by atoms with Crippen LogP contribution in [0.3, 0.4) is 0 Å². The van der Waals surface area contributed by atoms with Crippen molar-refractivity contribution >= 4 is 40.7 Å². The average Bonchev–Trinajstić information content (AvgIpc) is 2.79. The summed E-state index contributed by atoms with van der Waals surface area (Å²) in [5.41, 5.74) is -0.286. The summed E-state index contributed by atoms with van der Waals surface area (Å²) in [7, 11) is 0. The molecule has 3 amide bonds. The van der Waals surface area contributed by atoms with E-state index < -0.39 is 17.4 Å². The second-order valence-corrected chi connectivity index (χ2v) is 7.44. The van der Waals surface area contributed by atoms with Crippen LogP contribution in [0.2, 0.25) is 5.02 Å². The van der Waals surface area contributed by atoms with Crippen molar-refractivity contribution in [2.45, 2.75) is 18.4 Å². The number of para-hydroxylation sites is 1. The van der Waals surface area contributed by atoms with E-state index >= 15 is 0 Å². The van der Waals surface area contributed by atoms with E-state index in [2.05, 4.69) is 16.6 Å². The van der Waals surface area contributed by atoms with E-state index in [9.17, 15) is 14.4 Å². The first-order chi connectivity index (χ1) is 15.0. The fourth-order valence-electron chi connectivity index (χ4n) is 3.55. The first-order valence-electron chi connectivity index (χ1n) is 9.73. The topological polar surface area (TPSA) is 87.7 Å². The van der Waals surface area contributed by atoms with Gasteiger partial charge < -0.3 is 15.4 Å². The highest BCUT2D eigenvalue weighted by atomic mass is 35.5. The van der Waals surface area contributed by atoms with Gasteiger partial charge in [-0.1, -0.05) is 35.9 Å². The maximum Gasteiger partial charge on any atom is 0.303 e. The number of hydrogen-bond donors (Lipinski definition) is 2. The molecule has 2 aromatic rings. The monoisotopic (exact) mass is 439 g/mol. The van der Waals surface area contributed by atoms with E-state index in [1.165, 1.54) is 4.90 Å². The lowest BCUT2D eigenvalue weighted by Gasteiger charge is -2.43. The molecule has 0 spiro atoms.